The van der Waals surface area contributed by atoms with Crippen LogP contribution in [0.2, 0.25) is 0 Å². The van der Waals surface area contributed by atoms with Gasteiger partial charge in [0.25, 0.3) is 0 Å². The first-order chi connectivity index (χ1) is 4.99. The maximum atomic E-state index is 11.1. The van der Waals surface area contributed by atoms with Crippen molar-refractivity contribution in [3.8, 4) is 0 Å². The Labute approximate surface area is 86.2 Å². The summed E-state index contributed by atoms with van der Waals surface area (Å²) >= 11 is 0. The molecule has 3 nitrogen and oxygen atoms in total. The van der Waals surface area contributed by atoms with Gasteiger partial charge in [0.1, 0.15) is 5.60 Å². The van der Waals surface area contributed by atoms with Crippen LogP contribution in [0, 0.1) is 6.42 Å². The van der Waals surface area contributed by atoms with Gasteiger partial charge >= 0.3 is 6.09 Å². The summed E-state index contributed by atoms with van der Waals surface area (Å²) in [4.78, 5) is 12.8. The Hall–Kier alpha value is -0.107. The fourth-order valence-electron chi connectivity index (χ4n) is 0.734. The molecule has 1 aliphatic rings. The van der Waals surface area contributed by atoms with Crippen molar-refractivity contribution in [1.29, 1.82) is 0 Å². The van der Waals surface area contributed by atoms with E-state index in [9.17, 15) is 4.79 Å². The molecule has 4 heteroatoms. The Morgan fingerprint density at radius 1 is 1.42 bits per heavy atom. The molecule has 1 heterocycles. The fraction of sp³-hybridized carbons (Fsp3) is 0.750. The molecule has 1 fully saturated rings. The maximum Gasteiger partial charge on any atom is 0.405 e. The average Bonchev–Trinajstić information content (AvgIpc) is 1.50. The van der Waals surface area contributed by atoms with E-state index >= 15 is 0 Å². The monoisotopic (exact) mass is 220 g/mol. The summed E-state index contributed by atoms with van der Waals surface area (Å²) in [7, 11) is 0. The number of rotatable bonds is 0. The molecule has 0 N–H and O–H groups in total. The van der Waals surface area contributed by atoms with E-state index in [1.165, 1.54) is 0 Å². The molecule has 0 atom stereocenters. The number of nitrogens with zero attached hydrogens (tertiary/aromatic N) is 1. The molecule has 0 saturated carbocycles. The van der Waals surface area contributed by atoms with Gasteiger partial charge in [-0.15, -0.1) is 13.1 Å². The molecule has 0 aromatic rings. The molecule has 0 aliphatic carbocycles. The summed E-state index contributed by atoms with van der Waals surface area (Å²) in [5.41, 5.74) is -0.368. The number of likely N-dealkylation sites (tertiary alicyclic amines) is 1. The number of amides is 1. The van der Waals surface area contributed by atoms with Crippen molar-refractivity contribution in [2.45, 2.75) is 26.4 Å². The van der Waals surface area contributed by atoms with Crippen molar-refractivity contribution in [2.24, 2.45) is 0 Å². The summed E-state index contributed by atoms with van der Waals surface area (Å²) in [5, 5.41) is 0. The number of hydrogen-bond acceptors (Lipinski definition) is 2. The topological polar surface area (TPSA) is 29.5 Å². The van der Waals surface area contributed by atoms with Crippen LogP contribution in [-0.2, 0) is 24.2 Å². The Bertz CT molecular complexity index is 161. The first-order valence-electron chi connectivity index (χ1n) is 3.78. The third kappa shape index (κ3) is 3.53. The van der Waals surface area contributed by atoms with E-state index in [1.54, 1.807) is 4.90 Å². The summed E-state index contributed by atoms with van der Waals surface area (Å²) in [6.45, 7) is 7.07. The van der Waals surface area contributed by atoms with E-state index in [4.69, 9.17) is 4.74 Å². The molecule has 0 aromatic heterocycles. The zero-order chi connectivity index (χ0) is 8.48. The smallest absolute Gasteiger partial charge is 0.405 e. The standard InChI is InChI=1S/C8H14NO2.Zn/c1-8(2,3)11-7(10)9-5-4-6-9;/h4H,5-6H2,1-3H3;/q-1;. The van der Waals surface area contributed by atoms with Crippen molar-refractivity contribution < 1.29 is 29.0 Å². The van der Waals surface area contributed by atoms with Gasteiger partial charge < -0.3 is 9.64 Å². The predicted octanol–water partition coefficient (Wildman–Crippen LogP) is 1.44. The van der Waals surface area contributed by atoms with Gasteiger partial charge in [0, 0.05) is 19.5 Å². The third-order valence-electron chi connectivity index (χ3n) is 1.35. The predicted molar refractivity (Wildman–Crippen MR) is 42.1 cm³/mol. The second kappa shape index (κ2) is 4.22. The van der Waals surface area contributed by atoms with Crippen LogP contribution in [0.25, 0.3) is 0 Å². The molecule has 12 heavy (non-hydrogen) atoms. The summed E-state index contributed by atoms with van der Waals surface area (Å²) in [5.74, 6) is 0. The third-order valence-corrected chi connectivity index (χ3v) is 1.35. The van der Waals surface area contributed by atoms with Gasteiger partial charge in [0.05, 0.1) is 0 Å². The number of ether oxygens (including phenoxy) is 1. The zero-order valence-corrected chi connectivity index (χ0v) is 10.9. The van der Waals surface area contributed by atoms with E-state index in [2.05, 4.69) is 0 Å². The van der Waals surface area contributed by atoms with Crippen LogP contribution in [0.3, 0.4) is 0 Å². The Balaban J connectivity index is 0.00000121. The molecule has 1 aliphatic heterocycles. The number of hydrogen-bond donors (Lipinski definition) is 0. The molecule has 1 rings (SSSR count). The molecule has 0 radical (unpaired) electrons. The average molecular weight is 222 g/mol. The van der Waals surface area contributed by atoms with E-state index < -0.39 is 0 Å². The van der Waals surface area contributed by atoms with E-state index in [0.717, 1.165) is 13.1 Å². The minimum atomic E-state index is -0.368. The molecule has 66 valence electrons. The SMILES string of the molecule is CC(C)(C)OC(=O)N1C[CH-]C1.[Zn]. The molecule has 0 bridgehead atoms. The van der Waals surface area contributed by atoms with Crippen LogP contribution in [-0.4, -0.2) is 29.7 Å². The second-order valence-corrected chi connectivity index (χ2v) is 3.67. The van der Waals surface area contributed by atoms with Crippen molar-refractivity contribution in [3.05, 3.63) is 6.42 Å². The zero-order valence-electron chi connectivity index (χ0n) is 7.96. The van der Waals surface area contributed by atoms with E-state index in [-0.39, 0.29) is 31.2 Å². The number of carbonyl (C=O) groups is 1. The molecule has 1 saturated heterocycles. The van der Waals surface area contributed by atoms with Gasteiger partial charge in [0.15, 0.2) is 0 Å². The van der Waals surface area contributed by atoms with Crippen molar-refractivity contribution in [2.75, 3.05) is 13.1 Å². The summed E-state index contributed by atoms with van der Waals surface area (Å²) in [6.07, 6.45) is 1.82. The molecule has 0 unspecified atom stereocenters. The Morgan fingerprint density at radius 2 is 1.92 bits per heavy atom. The molecule has 0 spiro atoms. The van der Waals surface area contributed by atoms with E-state index in [0.29, 0.717) is 0 Å². The van der Waals surface area contributed by atoms with Crippen molar-refractivity contribution in [1.82, 2.24) is 4.90 Å². The molecule has 1 amide bonds. The van der Waals surface area contributed by atoms with Crippen LogP contribution < -0.4 is 0 Å². The normalized spacial score (nSPS) is 16.1. The maximum absolute atomic E-state index is 11.1. The first kappa shape index (κ1) is 11.9. The van der Waals surface area contributed by atoms with Gasteiger partial charge in [0.2, 0.25) is 0 Å². The number of carbonyl (C=O) groups excluding carboxylic acids is 1. The summed E-state index contributed by atoms with van der Waals surface area (Å²) < 4.78 is 5.11. The van der Waals surface area contributed by atoms with Crippen molar-refractivity contribution in [3.63, 3.8) is 0 Å². The molecular formula is C8H14NO2Zn-. The van der Waals surface area contributed by atoms with Crippen LogP contribution in [0.1, 0.15) is 20.8 Å². The Morgan fingerprint density at radius 3 is 2.17 bits per heavy atom. The van der Waals surface area contributed by atoms with Gasteiger partial charge in [-0.05, 0) is 20.8 Å². The van der Waals surface area contributed by atoms with Gasteiger partial charge in [-0.3, -0.25) is 6.42 Å². The van der Waals surface area contributed by atoms with Gasteiger partial charge in [-0.25, -0.2) is 4.79 Å². The Kier molecular flexibility index (Phi) is 4.18. The van der Waals surface area contributed by atoms with Gasteiger partial charge in [-0.1, -0.05) is 0 Å². The van der Waals surface area contributed by atoms with Crippen LogP contribution in [0.5, 0.6) is 0 Å². The first-order valence-corrected chi connectivity index (χ1v) is 3.78. The minimum absolute atomic E-state index is 0. The fourth-order valence-corrected chi connectivity index (χ4v) is 0.734. The van der Waals surface area contributed by atoms with E-state index in [1.807, 2.05) is 27.2 Å². The minimum Gasteiger partial charge on any atom is -0.444 e. The molecular weight excluding hydrogens is 207 g/mol. The largest absolute Gasteiger partial charge is 0.444 e. The van der Waals surface area contributed by atoms with Crippen LogP contribution in [0.4, 0.5) is 4.79 Å². The van der Waals surface area contributed by atoms with Crippen LogP contribution in [0.15, 0.2) is 0 Å². The van der Waals surface area contributed by atoms with Crippen molar-refractivity contribution >= 4 is 6.09 Å². The summed E-state index contributed by atoms with van der Waals surface area (Å²) in [6, 6.07) is 0. The van der Waals surface area contributed by atoms with Gasteiger partial charge in [-0.2, -0.15) is 0 Å². The van der Waals surface area contributed by atoms with Crippen LogP contribution >= 0.6 is 0 Å². The molecule has 0 aromatic carbocycles. The second-order valence-electron chi connectivity index (χ2n) is 3.67. The quantitative estimate of drug-likeness (QED) is 0.458.